The van der Waals surface area contributed by atoms with Crippen molar-refractivity contribution in [1.82, 2.24) is 10.2 Å². The maximum atomic E-state index is 17.1. The Morgan fingerprint density at radius 2 is 1.66 bits per heavy atom. The molecule has 0 bridgehead atoms. The minimum atomic E-state index is -2.10. The van der Waals surface area contributed by atoms with Crippen molar-refractivity contribution in [1.29, 1.82) is 0 Å². The van der Waals surface area contributed by atoms with Crippen molar-refractivity contribution in [3.05, 3.63) is 89.5 Å². The Morgan fingerprint density at radius 1 is 1.02 bits per heavy atom. The fraction of sp³-hybridized carbons (Fsp3) is 0.487. The number of fused-ring (bicyclic) bond motifs is 5. The largest absolute Gasteiger partial charge is 0.508 e. The van der Waals surface area contributed by atoms with Gasteiger partial charge < -0.3 is 20.4 Å². The average Bonchev–Trinajstić information content (AvgIpc) is 3.30. The number of phenols is 1. The van der Waals surface area contributed by atoms with Crippen LogP contribution in [0.2, 0.25) is 0 Å². The van der Waals surface area contributed by atoms with Gasteiger partial charge in [0.05, 0.1) is 6.10 Å². The van der Waals surface area contributed by atoms with E-state index in [1.807, 2.05) is 70.4 Å². The second-order valence-electron chi connectivity index (χ2n) is 14.2. The normalized spacial score (nSPS) is 35.1. The summed E-state index contributed by atoms with van der Waals surface area (Å²) in [4.78, 5) is 27.4. The Bertz CT molecular complexity index is 1510. The van der Waals surface area contributed by atoms with E-state index in [1.54, 1.807) is 19.1 Å². The summed E-state index contributed by atoms with van der Waals surface area (Å²) >= 11 is 0. The zero-order valence-electron chi connectivity index (χ0n) is 28.0. The van der Waals surface area contributed by atoms with Crippen LogP contribution in [0.1, 0.15) is 51.2 Å². The van der Waals surface area contributed by atoms with Crippen LogP contribution in [0.3, 0.4) is 0 Å². The van der Waals surface area contributed by atoms with Gasteiger partial charge in [0.25, 0.3) is 0 Å². The number of halogens is 2. The second kappa shape index (κ2) is 14.1. The van der Waals surface area contributed by atoms with E-state index in [-0.39, 0.29) is 41.9 Å². The fourth-order valence-corrected chi connectivity index (χ4v) is 8.99. The zero-order valence-corrected chi connectivity index (χ0v) is 28.0. The van der Waals surface area contributed by atoms with Crippen LogP contribution in [0.15, 0.2) is 78.4 Å². The molecule has 252 valence electrons. The Kier molecular flexibility index (Phi) is 10.8. The molecule has 4 aliphatic rings. The quantitative estimate of drug-likeness (QED) is 0.338. The summed E-state index contributed by atoms with van der Waals surface area (Å²) in [5, 5.41) is 23.4. The third-order valence-electron chi connectivity index (χ3n) is 11.0. The highest BCUT2D eigenvalue weighted by molar-refractivity contribution is 6.01. The number of alkyl halides is 2. The molecule has 8 heteroatoms. The van der Waals surface area contributed by atoms with Crippen molar-refractivity contribution in [2.45, 2.75) is 71.1 Å². The number of hydrogen-bond donors (Lipinski definition) is 3. The topological polar surface area (TPSA) is 89.9 Å². The summed E-state index contributed by atoms with van der Waals surface area (Å²) in [6.45, 7) is 6.90. The first-order chi connectivity index (χ1) is 22.2. The molecule has 6 rings (SSSR count). The molecule has 0 spiro atoms. The van der Waals surface area contributed by atoms with Gasteiger partial charge in [-0.15, -0.1) is 12.8 Å². The number of carbonyl (C=O) groups excluding carboxylic acids is 2. The summed E-state index contributed by atoms with van der Waals surface area (Å²) in [7, 11) is 4.04. The van der Waals surface area contributed by atoms with E-state index in [9.17, 15) is 14.7 Å². The molecule has 47 heavy (non-hydrogen) atoms. The molecule has 0 radical (unpaired) electrons. The van der Waals surface area contributed by atoms with Crippen LogP contribution < -0.4 is 5.32 Å². The number of allylic oxidation sites excluding steroid dienone is 4. The molecule has 3 N–H and O–H groups in total. The van der Waals surface area contributed by atoms with Crippen LogP contribution in [0.5, 0.6) is 5.75 Å². The van der Waals surface area contributed by atoms with Gasteiger partial charge in [-0.05, 0) is 98.5 Å². The van der Waals surface area contributed by atoms with Crippen molar-refractivity contribution in [3.8, 4) is 18.6 Å². The highest BCUT2D eigenvalue weighted by Crippen LogP contribution is 2.70. The first kappa shape index (κ1) is 36.0. The fourth-order valence-electron chi connectivity index (χ4n) is 8.99. The lowest BCUT2D eigenvalue weighted by Crippen LogP contribution is -2.68. The predicted molar refractivity (Wildman–Crippen MR) is 180 cm³/mol. The van der Waals surface area contributed by atoms with E-state index < -0.39 is 40.6 Å². The third kappa shape index (κ3) is 6.66. The number of aromatic hydroxyl groups is 1. The van der Waals surface area contributed by atoms with Crippen LogP contribution >= 0.6 is 0 Å². The lowest BCUT2D eigenvalue weighted by Gasteiger charge is -2.62. The smallest absolute Gasteiger partial charge is 0.224 e. The lowest BCUT2D eigenvalue weighted by molar-refractivity contribution is -0.202. The Labute approximate surface area is 278 Å². The van der Waals surface area contributed by atoms with Gasteiger partial charge in [-0.1, -0.05) is 62.4 Å². The number of terminal acetylenes is 1. The third-order valence-corrected chi connectivity index (χ3v) is 11.0. The molecule has 6 nitrogen and oxygen atoms in total. The summed E-state index contributed by atoms with van der Waals surface area (Å²) in [5.41, 5.74) is -1.80. The summed E-state index contributed by atoms with van der Waals surface area (Å²) in [6.07, 6.45) is 9.78. The number of phenolic OH excluding ortho intramolecular Hbond substituents is 1. The van der Waals surface area contributed by atoms with Crippen LogP contribution in [0.4, 0.5) is 8.78 Å². The average molecular weight is 647 g/mol. The number of nitrogens with zero attached hydrogens (tertiary/aromatic N) is 1. The molecule has 3 fully saturated rings. The molecule has 3 saturated carbocycles. The number of benzene rings is 2. The maximum absolute atomic E-state index is 17.1. The molecule has 0 heterocycles. The number of rotatable bonds is 5. The molecule has 9 atom stereocenters. The van der Waals surface area contributed by atoms with Gasteiger partial charge in [-0.3, -0.25) is 9.59 Å². The van der Waals surface area contributed by atoms with Gasteiger partial charge in [0.15, 0.2) is 11.5 Å². The van der Waals surface area contributed by atoms with Gasteiger partial charge in [0, 0.05) is 30.3 Å². The zero-order chi connectivity index (χ0) is 34.7. The monoisotopic (exact) mass is 646 g/mol. The minimum absolute atomic E-state index is 0.0217. The highest BCUT2D eigenvalue weighted by Gasteiger charge is 2.73. The van der Waals surface area contributed by atoms with Crippen LogP contribution in [0, 0.1) is 47.3 Å². The van der Waals surface area contributed by atoms with E-state index in [0.29, 0.717) is 18.7 Å². The second-order valence-corrected chi connectivity index (χ2v) is 14.2. The van der Waals surface area contributed by atoms with Crippen LogP contribution in [-0.2, 0) is 22.7 Å². The number of carbonyl (C=O) groups is 2. The highest BCUT2D eigenvalue weighted by atomic mass is 19.1. The van der Waals surface area contributed by atoms with Crippen LogP contribution in [0.25, 0.3) is 0 Å². The molecular formula is C39H48F2N2O4. The minimum Gasteiger partial charge on any atom is -0.508 e. The van der Waals surface area contributed by atoms with Gasteiger partial charge >= 0.3 is 0 Å². The van der Waals surface area contributed by atoms with E-state index in [0.717, 1.165) is 12.1 Å². The molecule has 2 aromatic rings. The number of nitrogens with one attached hydrogen (secondary N) is 1. The van der Waals surface area contributed by atoms with Crippen molar-refractivity contribution in [3.63, 3.8) is 0 Å². The van der Waals surface area contributed by atoms with Crippen LogP contribution in [-0.4, -0.2) is 58.8 Å². The predicted octanol–water partition coefficient (Wildman–Crippen LogP) is 6.19. The van der Waals surface area contributed by atoms with E-state index in [1.165, 1.54) is 23.8 Å². The Balaban J connectivity index is 0.000000325. The van der Waals surface area contributed by atoms with Crippen molar-refractivity contribution >= 4 is 11.7 Å². The number of ketones is 1. The molecule has 0 saturated heterocycles. The number of hydrogen-bond acceptors (Lipinski definition) is 5. The van der Waals surface area contributed by atoms with E-state index >= 15 is 8.78 Å². The Morgan fingerprint density at radius 3 is 2.28 bits per heavy atom. The number of aliphatic hydroxyl groups is 1. The molecule has 1 amide bonds. The molecule has 4 aliphatic carbocycles. The molecule has 0 aromatic heterocycles. The molecule has 2 aromatic carbocycles. The summed E-state index contributed by atoms with van der Waals surface area (Å²) in [6, 6.07) is 16.9. The lowest BCUT2D eigenvalue weighted by atomic mass is 9.45. The van der Waals surface area contributed by atoms with Crippen molar-refractivity contribution < 1.29 is 28.6 Å². The number of amides is 1. The van der Waals surface area contributed by atoms with E-state index in [2.05, 4.69) is 23.1 Å². The number of aliphatic hydroxyl groups excluding tert-OH is 1. The van der Waals surface area contributed by atoms with Crippen molar-refractivity contribution in [2.24, 2.45) is 34.5 Å². The SMILES string of the molecule is C#C.CN(C)Cc1ccc(O)cc1.C[C@@H]1CC2C3C[C@H](F)C4=CC(=O)C=CC4(C)[C@@]3(F)C(O)CC2(C)C1C(=O)NCc1ccccc1. The first-order valence-corrected chi connectivity index (χ1v) is 16.2. The van der Waals surface area contributed by atoms with Crippen molar-refractivity contribution in [2.75, 3.05) is 14.1 Å². The first-order valence-electron chi connectivity index (χ1n) is 16.2. The molecular weight excluding hydrogens is 598 g/mol. The van der Waals surface area contributed by atoms with Gasteiger partial charge in [-0.25, -0.2) is 8.78 Å². The van der Waals surface area contributed by atoms with Gasteiger partial charge in [0.1, 0.15) is 11.9 Å². The van der Waals surface area contributed by atoms with Gasteiger partial charge in [0.2, 0.25) is 5.91 Å². The standard InChI is InChI=1S/C28H33F2NO3.C9H13NO.C2H2/c1-16-11-19-20-13-22(29)21-12-18(32)9-10-27(21,3)28(20,30)23(33)14-26(19,2)24(16)25(34)31-15-17-7-5-4-6-8-17;1-10(2)7-8-3-5-9(11)6-4-8;1-2/h4-10,12,16,19-20,22-24,33H,11,13-15H2,1-3H3,(H,31,34);3-6,11H,7H2,1-2H3;1-2H/t16-,19?,20?,22+,23?,24?,26?,27?,28+;;/m1../s1. The summed E-state index contributed by atoms with van der Waals surface area (Å²) < 4.78 is 32.6. The van der Waals surface area contributed by atoms with Gasteiger partial charge in [-0.2, -0.15) is 0 Å². The van der Waals surface area contributed by atoms with E-state index in [4.69, 9.17) is 5.11 Å². The Hall–Kier alpha value is -3.80. The molecule has 6 unspecified atom stereocenters. The molecule has 0 aliphatic heterocycles. The summed E-state index contributed by atoms with van der Waals surface area (Å²) in [5.74, 6) is -1.53. The maximum Gasteiger partial charge on any atom is 0.224 e.